The minimum Gasteiger partial charge on any atom is -0.466 e. The Kier molecular flexibility index (Phi) is 7.01. The van der Waals surface area contributed by atoms with Gasteiger partial charge in [0, 0.05) is 25.0 Å². The molecule has 0 fully saturated rings. The average molecular weight is 266 g/mol. The first kappa shape index (κ1) is 14.9. The topological polar surface area (TPSA) is 70.4 Å². The summed E-state index contributed by atoms with van der Waals surface area (Å²) in [5.74, 6) is -0.672. The molecule has 0 bridgehead atoms. The molecule has 1 heterocycles. The van der Waals surface area contributed by atoms with Crippen molar-refractivity contribution >= 4 is 11.9 Å². The van der Waals surface area contributed by atoms with Crippen molar-refractivity contribution in [3.8, 4) is 0 Å². The van der Waals surface area contributed by atoms with Crippen molar-refractivity contribution in [3.63, 3.8) is 0 Å². The SMILES string of the molecule is C=CC(=O)OCCCCOC(=O)CCn1ccnc1. The average Bonchev–Trinajstić information content (AvgIpc) is 2.93. The van der Waals surface area contributed by atoms with Gasteiger partial charge in [-0.2, -0.15) is 0 Å². The Labute approximate surface area is 112 Å². The molecular formula is C13H18N2O4. The maximum atomic E-state index is 11.4. The lowest BCUT2D eigenvalue weighted by Gasteiger charge is -2.05. The van der Waals surface area contributed by atoms with E-state index < -0.39 is 5.97 Å². The van der Waals surface area contributed by atoms with Gasteiger partial charge in [0.1, 0.15) is 0 Å². The van der Waals surface area contributed by atoms with Crippen molar-refractivity contribution in [1.82, 2.24) is 9.55 Å². The summed E-state index contributed by atoms with van der Waals surface area (Å²) < 4.78 is 11.6. The molecule has 0 spiro atoms. The van der Waals surface area contributed by atoms with Gasteiger partial charge < -0.3 is 14.0 Å². The van der Waals surface area contributed by atoms with Crippen LogP contribution in [-0.4, -0.2) is 34.7 Å². The van der Waals surface area contributed by atoms with Crippen LogP contribution in [0.3, 0.4) is 0 Å². The monoisotopic (exact) mass is 266 g/mol. The van der Waals surface area contributed by atoms with E-state index in [-0.39, 0.29) is 5.97 Å². The first-order chi connectivity index (χ1) is 9.22. The van der Waals surface area contributed by atoms with Gasteiger partial charge in [-0.15, -0.1) is 0 Å². The second-order valence-electron chi connectivity index (χ2n) is 3.85. The summed E-state index contributed by atoms with van der Waals surface area (Å²) in [6.45, 7) is 4.51. The molecule has 0 amide bonds. The third-order valence-electron chi connectivity index (χ3n) is 2.35. The van der Waals surface area contributed by atoms with Crippen molar-refractivity contribution in [2.45, 2.75) is 25.8 Å². The summed E-state index contributed by atoms with van der Waals surface area (Å²) in [4.78, 5) is 26.0. The van der Waals surface area contributed by atoms with Gasteiger partial charge in [0.05, 0.1) is 26.0 Å². The molecule has 0 radical (unpaired) electrons. The minimum absolute atomic E-state index is 0.239. The fraction of sp³-hybridized carbons (Fsp3) is 0.462. The molecule has 0 saturated carbocycles. The highest BCUT2D eigenvalue weighted by molar-refractivity contribution is 5.81. The largest absolute Gasteiger partial charge is 0.466 e. The number of hydrogen-bond donors (Lipinski definition) is 0. The van der Waals surface area contributed by atoms with E-state index in [2.05, 4.69) is 11.6 Å². The van der Waals surface area contributed by atoms with E-state index in [0.29, 0.717) is 39.0 Å². The summed E-state index contributed by atoms with van der Waals surface area (Å²) in [6, 6.07) is 0. The Bertz CT molecular complexity index is 401. The van der Waals surface area contributed by atoms with Gasteiger partial charge in [0.25, 0.3) is 0 Å². The number of esters is 2. The fourth-order valence-corrected chi connectivity index (χ4v) is 1.33. The van der Waals surface area contributed by atoms with Gasteiger partial charge in [0.2, 0.25) is 0 Å². The van der Waals surface area contributed by atoms with Crippen LogP contribution in [0.5, 0.6) is 0 Å². The van der Waals surface area contributed by atoms with Crippen LogP contribution < -0.4 is 0 Å². The highest BCUT2D eigenvalue weighted by Crippen LogP contribution is 1.97. The quantitative estimate of drug-likeness (QED) is 0.383. The van der Waals surface area contributed by atoms with Crippen LogP contribution in [0.1, 0.15) is 19.3 Å². The molecule has 1 rings (SSSR count). The molecular weight excluding hydrogens is 248 g/mol. The molecule has 0 aliphatic heterocycles. The number of ether oxygens (including phenoxy) is 2. The molecule has 0 atom stereocenters. The zero-order valence-electron chi connectivity index (χ0n) is 10.8. The molecule has 0 aromatic carbocycles. The van der Waals surface area contributed by atoms with E-state index in [1.165, 1.54) is 0 Å². The highest BCUT2D eigenvalue weighted by Gasteiger charge is 2.03. The molecule has 104 valence electrons. The molecule has 1 aromatic heterocycles. The van der Waals surface area contributed by atoms with Crippen molar-refractivity contribution in [2.24, 2.45) is 0 Å². The molecule has 6 nitrogen and oxygen atoms in total. The Hall–Kier alpha value is -2.11. The van der Waals surface area contributed by atoms with E-state index in [9.17, 15) is 9.59 Å². The number of carbonyl (C=O) groups excluding carboxylic acids is 2. The maximum absolute atomic E-state index is 11.4. The minimum atomic E-state index is -0.433. The van der Waals surface area contributed by atoms with Crippen molar-refractivity contribution in [3.05, 3.63) is 31.4 Å². The van der Waals surface area contributed by atoms with Gasteiger partial charge in [0.15, 0.2) is 0 Å². The van der Waals surface area contributed by atoms with Crippen molar-refractivity contribution in [2.75, 3.05) is 13.2 Å². The molecule has 6 heteroatoms. The molecule has 19 heavy (non-hydrogen) atoms. The number of imidazole rings is 1. The third kappa shape index (κ3) is 7.03. The normalized spacial score (nSPS) is 9.89. The van der Waals surface area contributed by atoms with Crippen LogP contribution in [0, 0.1) is 0 Å². The number of unbranched alkanes of at least 4 members (excludes halogenated alkanes) is 1. The summed E-state index contributed by atoms with van der Waals surface area (Å²) in [6.07, 6.45) is 7.88. The van der Waals surface area contributed by atoms with E-state index in [0.717, 1.165) is 6.08 Å². The first-order valence-electron chi connectivity index (χ1n) is 6.13. The van der Waals surface area contributed by atoms with Crippen molar-refractivity contribution in [1.29, 1.82) is 0 Å². The second kappa shape index (κ2) is 8.91. The predicted octanol–water partition coefficient (Wildman–Crippen LogP) is 1.33. The molecule has 0 aliphatic carbocycles. The Balaban J connectivity index is 1.95. The lowest BCUT2D eigenvalue weighted by molar-refractivity contribution is -0.144. The van der Waals surface area contributed by atoms with Crippen LogP contribution in [-0.2, 0) is 25.6 Å². The third-order valence-corrected chi connectivity index (χ3v) is 2.35. The van der Waals surface area contributed by atoms with Gasteiger partial charge in [-0.1, -0.05) is 6.58 Å². The number of nitrogens with zero attached hydrogens (tertiary/aromatic N) is 2. The standard InChI is InChI=1S/C13H18N2O4/c1-2-12(16)18-9-3-4-10-19-13(17)5-7-15-8-6-14-11-15/h2,6,8,11H,1,3-5,7,9-10H2. The number of rotatable bonds is 9. The van der Waals surface area contributed by atoms with E-state index in [4.69, 9.17) is 9.47 Å². The summed E-state index contributed by atoms with van der Waals surface area (Å²) in [5, 5.41) is 0. The summed E-state index contributed by atoms with van der Waals surface area (Å²) >= 11 is 0. The maximum Gasteiger partial charge on any atom is 0.330 e. The second-order valence-corrected chi connectivity index (χ2v) is 3.85. The number of carbonyl (C=O) groups is 2. The van der Waals surface area contributed by atoms with Crippen LogP contribution in [0.2, 0.25) is 0 Å². The van der Waals surface area contributed by atoms with Crippen molar-refractivity contribution < 1.29 is 19.1 Å². The summed E-state index contributed by atoms with van der Waals surface area (Å²) in [7, 11) is 0. The Morgan fingerprint density at radius 2 is 2.00 bits per heavy atom. The molecule has 0 aliphatic rings. The van der Waals surface area contributed by atoms with Crippen LogP contribution in [0.15, 0.2) is 31.4 Å². The molecule has 0 saturated heterocycles. The van der Waals surface area contributed by atoms with Gasteiger partial charge in [-0.05, 0) is 12.8 Å². The lowest BCUT2D eigenvalue weighted by atomic mass is 10.3. The molecule has 1 aromatic rings. The van der Waals surface area contributed by atoms with E-state index in [1.807, 2.05) is 4.57 Å². The van der Waals surface area contributed by atoms with E-state index in [1.54, 1.807) is 18.7 Å². The molecule has 0 unspecified atom stereocenters. The zero-order valence-corrected chi connectivity index (χ0v) is 10.8. The number of aromatic nitrogens is 2. The lowest BCUT2D eigenvalue weighted by Crippen LogP contribution is -2.10. The van der Waals surface area contributed by atoms with Gasteiger partial charge in [-0.25, -0.2) is 9.78 Å². The number of aryl methyl sites for hydroxylation is 1. The molecule has 0 N–H and O–H groups in total. The Morgan fingerprint density at radius 3 is 2.63 bits per heavy atom. The number of hydrogen-bond acceptors (Lipinski definition) is 5. The smallest absolute Gasteiger partial charge is 0.330 e. The van der Waals surface area contributed by atoms with Crippen LogP contribution >= 0.6 is 0 Å². The van der Waals surface area contributed by atoms with Gasteiger partial charge >= 0.3 is 11.9 Å². The van der Waals surface area contributed by atoms with Gasteiger partial charge in [-0.3, -0.25) is 4.79 Å². The predicted molar refractivity (Wildman–Crippen MR) is 68.2 cm³/mol. The van der Waals surface area contributed by atoms with Crippen LogP contribution in [0.4, 0.5) is 0 Å². The fourth-order valence-electron chi connectivity index (χ4n) is 1.33. The van der Waals surface area contributed by atoms with E-state index >= 15 is 0 Å². The Morgan fingerprint density at radius 1 is 1.26 bits per heavy atom. The first-order valence-corrected chi connectivity index (χ1v) is 6.13. The van der Waals surface area contributed by atoms with Crippen LogP contribution in [0.25, 0.3) is 0 Å². The zero-order chi connectivity index (χ0) is 13.9. The summed E-state index contributed by atoms with van der Waals surface area (Å²) in [5.41, 5.74) is 0. The highest BCUT2D eigenvalue weighted by atomic mass is 16.5.